The molecule has 4 N–H and O–H groups in total. The number of nitrogens with one attached hydrogen (secondary N) is 1. The van der Waals surface area contributed by atoms with E-state index in [2.05, 4.69) is 15.3 Å². The molecule has 1 heterocycles. The van der Waals surface area contributed by atoms with E-state index in [1.807, 2.05) is 0 Å². The summed E-state index contributed by atoms with van der Waals surface area (Å²) in [7, 11) is 0. The molecule has 0 aliphatic rings. The van der Waals surface area contributed by atoms with Gasteiger partial charge in [0, 0.05) is 12.6 Å². The van der Waals surface area contributed by atoms with Crippen LogP contribution in [0.3, 0.4) is 0 Å². The Morgan fingerprint density at radius 3 is 2.79 bits per heavy atom. The van der Waals surface area contributed by atoms with Gasteiger partial charge < -0.3 is 16.2 Å². The molecule has 1 aromatic rings. The lowest BCUT2D eigenvalue weighted by Crippen LogP contribution is -2.22. The maximum Gasteiger partial charge on any atom is 0.131 e. The van der Waals surface area contributed by atoms with E-state index in [1.54, 1.807) is 19.9 Å². The fourth-order valence-corrected chi connectivity index (χ4v) is 0.965. The Kier molecular flexibility index (Phi) is 3.24. The molecular formula is C9H16N4O. The van der Waals surface area contributed by atoms with Gasteiger partial charge in [0.2, 0.25) is 0 Å². The van der Waals surface area contributed by atoms with Gasteiger partial charge >= 0.3 is 0 Å². The first kappa shape index (κ1) is 10.7. The highest BCUT2D eigenvalue weighted by atomic mass is 16.3. The maximum atomic E-state index is 9.45. The SMILES string of the molecule is CC(C)(O)CCNc1cc(N)ncn1. The van der Waals surface area contributed by atoms with Gasteiger partial charge in [-0.3, -0.25) is 0 Å². The van der Waals surface area contributed by atoms with Gasteiger partial charge in [0.25, 0.3) is 0 Å². The molecular weight excluding hydrogens is 180 g/mol. The molecule has 0 saturated carbocycles. The predicted molar refractivity (Wildman–Crippen MR) is 55.8 cm³/mol. The van der Waals surface area contributed by atoms with Crippen LogP contribution in [0.5, 0.6) is 0 Å². The van der Waals surface area contributed by atoms with Crippen LogP contribution in [0.1, 0.15) is 20.3 Å². The Morgan fingerprint density at radius 1 is 1.50 bits per heavy atom. The van der Waals surface area contributed by atoms with Crippen molar-refractivity contribution in [3.8, 4) is 0 Å². The quantitative estimate of drug-likeness (QED) is 0.657. The van der Waals surface area contributed by atoms with Gasteiger partial charge in [0.05, 0.1) is 5.60 Å². The van der Waals surface area contributed by atoms with Crippen LogP contribution in [0.4, 0.5) is 11.6 Å². The Morgan fingerprint density at radius 2 is 2.21 bits per heavy atom. The minimum Gasteiger partial charge on any atom is -0.390 e. The summed E-state index contributed by atoms with van der Waals surface area (Å²) in [5.41, 5.74) is 4.81. The monoisotopic (exact) mass is 196 g/mol. The van der Waals surface area contributed by atoms with E-state index in [4.69, 9.17) is 5.73 Å². The van der Waals surface area contributed by atoms with Crippen LogP contribution in [0.25, 0.3) is 0 Å². The van der Waals surface area contributed by atoms with E-state index in [1.165, 1.54) is 6.33 Å². The second kappa shape index (κ2) is 4.23. The third-order valence-corrected chi connectivity index (χ3v) is 1.73. The molecule has 0 fully saturated rings. The van der Waals surface area contributed by atoms with E-state index in [9.17, 15) is 5.11 Å². The highest BCUT2D eigenvalue weighted by Gasteiger charge is 2.11. The Labute approximate surface area is 83.4 Å². The summed E-state index contributed by atoms with van der Waals surface area (Å²) in [6.45, 7) is 4.19. The van der Waals surface area contributed by atoms with E-state index >= 15 is 0 Å². The largest absolute Gasteiger partial charge is 0.390 e. The zero-order valence-corrected chi connectivity index (χ0v) is 8.49. The second-order valence-electron chi connectivity index (χ2n) is 3.82. The fourth-order valence-electron chi connectivity index (χ4n) is 0.965. The number of rotatable bonds is 4. The highest BCUT2D eigenvalue weighted by Crippen LogP contribution is 2.09. The van der Waals surface area contributed by atoms with Gasteiger partial charge in [-0.25, -0.2) is 9.97 Å². The topological polar surface area (TPSA) is 84.1 Å². The third kappa shape index (κ3) is 4.04. The zero-order valence-electron chi connectivity index (χ0n) is 8.49. The molecule has 5 heteroatoms. The molecule has 0 aliphatic carbocycles. The van der Waals surface area contributed by atoms with E-state index in [0.717, 1.165) is 0 Å². The van der Waals surface area contributed by atoms with Crippen molar-refractivity contribution < 1.29 is 5.11 Å². The van der Waals surface area contributed by atoms with Crippen molar-refractivity contribution in [2.24, 2.45) is 0 Å². The molecule has 0 saturated heterocycles. The van der Waals surface area contributed by atoms with Crippen molar-refractivity contribution in [3.05, 3.63) is 12.4 Å². The number of nitrogens with two attached hydrogens (primary N) is 1. The van der Waals surface area contributed by atoms with Gasteiger partial charge in [0.1, 0.15) is 18.0 Å². The molecule has 5 nitrogen and oxygen atoms in total. The predicted octanol–water partition coefficient (Wildman–Crippen LogP) is 0.632. The van der Waals surface area contributed by atoms with Gasteiger partial charge in [-0.15, -0.1) is 0 Å². The Bertz CT molecular complexity index is 295. The molecule has 78 valence electrons. The van der Waals surface area contributed by atoms with Crippen molar-refractivity contribution >= 4 is 11.6 Å². The first-order valence-electron chi connectivity index (χ1n) is 4.51. The summed E-state index contributed by atoms with van der Waals surface area (Å²) in [5.74, 6) is 1.12. The van der Waals surface area contributed by atoms with Crippen LogP contribution >= 0.6 is 0 Å². The van der Waals surface area contributed by atoms with Crippen LogP contribution in [0, 0.1) is 0 Å². The average molecular weight is 196 g/mol. The van der Waals surface area contributed by atoms with Crippen molar-refractivity contribution in [2.75, 3.05) is 17.6 Å². The molecule has 0 amide bonds. The maximum absolute atomic E-state index is 9.45. The molecule has 0 atom stereocenters. The Hall–Kier alpha value is -1.36. The number of aromatic nitrogens is 2. The molecule has 1 aromatic heterocycles. The standard InChI is InChI=1S/C9H16N4O/c1-9(2,14)3-4-11-8-5-7(10)12-6-13-8/h5-6,14H,3-4H2,1-2H3,(H3,10,11,12,13). The smallest absolute Gasteiger partial charge is 0.131 e. The summed E-state index contributed by atoms with van der Waals surface area (Å²) >= 11 is 0. The zero-order chi connectivity index (χ0) is 10.6. The van der Waals surface area contributed by atoms with Gasteiger partial charge in [-0.1, -0.05) is 0 Å². The summed E-state index contributed by atoms with van der Waals surface area (Å²) < 4.78 is 0. The molecule has 0 unspecified atom stereocenters. The molecule has 0 radical (unpaired) electrons. The van der Waals surface area contributed by atoms with Gasteiger partial charge in [0.15, 0.2) is 0 Å². The molecule has 14 heavy (non-hydrogen) atoms. The van der Waals surface area contributed by atoms with Crippen molar-refractivity contribution in [1.29, 1.82) is 0 Å². The number of hydrogen-bond acceptors (Lipinski definition) is 5. The first-order valence-corrected chi connectivity index (χ1v) is 4.51. The van der Waals surface area contributed by atoms with Crippen LogP contribution in [-0.4, -0.2) is 27.2 Å². The van der Waals surface area contributed by atoms with Crippen LogP contribution in [0.2, 0.25) is 0 Å². The van der Waals surface area contributed by atoms with Crippen LogP contribution < -0.4 is 11.1 Å². The minimum atomic E-state index is -0.661. The number of hydrogen-bond donors (Lipinski definition) is 3. The van der Waals surface area contributed by atoms with E-state index < -0.39 is 5.60 Å². The normalized spacial score (nSPS) is 11.4. The third-order valence-electron chi connectivity index (χ3n) is 1.73. The summed E-state index contributed by atoms with van der Waals surface area (Å²) in [6, 6.07) is 1.66. The second-order valence-corrected chi connectivity index (χ2v) is 3.82. The molecule has 0 bridgehead atoms. The number of anilines is 2. The van der Waals surface area contributed by atoms with Gasteiger partial charge in [-0.05, 0) is 20.3 Å². The Balaban J connectivity index is 2.39. The lowest BCUT2D eigenvalue weighted by Gasteiger charge is -2.17. The van der Waals surface area contributed by atoms with E-state index in [0.29, 0.717) is 24.6 Å². The average Bonchev–Trinajstić information content (AvgIpc) is 2.01. The molecule has 0 aliphatic heterocycles. The lowest BCUT2D eigenvalue weighted by atomic mass is 10.1. The summed E-state index contributed by atoms with van der Waals surface area (Å²) in [4.78, 5) is 7.75. The first-order chi connectivity index (χ1) is 6.47. The highest BCUT2D eigenvalue weighted by molar-refractivity contribution is 5.43. The molecule has 0 spiro atoms. The van der Waals surface area contributed by atoms with Crippen molar-refractivity contribution in [3.63, 3.8) is 0 Å². The number of aliphatic hydroxyl groups is 1. The van der Waals surface area contributed by atoms with Crippen molar-refractivity contribution in [1.82, 2.24) is 9.97 Å². The minimum absolute atomic E-state index is 0.436. The molecule has 0 aromatic carbocycles. The fraction of sp³-hybridized carbons (Fsp3) is 0.556. The number of nitrogen functional groups attached to an aromatic ring is 1. The number of nitrogens with zero attached hydrogens (tertiary/aromatic N) is 2. The lowest BCUT2D eigenvalue weighted by molar-refractivity contribution is 0.0748. The molecule has 1 rings (SSSR count). The van der Waals surface area contributed by atoms with Gasteiger partial charge in [-0.2, -0.15) is 0 Å². The van der Waals surface area contributed by atoms with Crippen LogP contribution in [-0.2, 0) is 0 Å². The summed E-state index contributed by atoms with van der Waals surface area (Å²) in [5, 5.41) is 12.5. The summed E-state index contributed by atoms with van der Waals surface area (Å²) in [6.07, 6.45) is 2.05. The van der Waals surface area contributed by atoms with Crippen molar-refractivity contribution in [2.45, 2.75) is 25.9 Å². The van der Waals surface area contributed by atoms with E-state index in [-0.39, 0.29) is 0 Å². The van der Waals surface area contributed by atoms with Crippen LogP contribution in [0.15, 0.2) is 12.4 Å².